The third-order valence-corrected chi connectivity index (χ3v) is 2.90. The number of ether oxygens (including phenoxy) is 1. The van der Waals surface area contributed by atoms with Gasteiger partial charge in [0.1, 0.15) is 0 Å². The first-order chi connectivity index (χ1) is 9.17. The Morgan fingerprint density at radius 2 is 2.25 bits per heavy atom. The molecule has 0 aromatic carbocycles. The number of halogens is 1. The molecule has 1 rings (SSSR count). The summed E-state index contributed by atoms with van der Waals surface area (Å²) in [6, 6.07) is 0. The summed E-state index contributed by atoms with van der Waals surface area (Å²) in [6.45, 7) is 7.08. The van der Waals surface area contributed by atoms with Gasteiger partial charge in [-0.2, -0.15) is 0 Å². The van der Waals surface area contributed by atoms with Crippen LogP contribution in [0.15, 0.2) is 4.99 Å². The molecule has 0 saturated carbocycles. The van der Waals surface area contributed by atoms with E-state index in [0.717, 1.165) is 25.5 Å². The van der Waals surface area contributed by atoms with Crippen LogP contribution in [0, 0.1) is 0 Å². The second-order valence-corrected chi connectivity index (χ2v) is 4.53. The van der Waals surface area contributed by atoms with Crippen LogP contribution in [0.5, 0.6) is 0 Å². The topological polar surface area (TPSA) is 74.2 Å². The number of hydrogen-bond donors (Lipinski definition) is 2. The number of likely N-dealkylation sites (tertiary alicyclic amines) is 1. The molecule has 0 amide bonds. The van der Waals surface area contributed by atoms with Gasteiger partial charge in [-0.15, -0.1) is 24.0 Å². The summed E-state index contributed by atoms with van der Waals surface area (Å²) in [7, 11) is 0. The minimum atomic E-state index is -0.261. The second kappa shape index (κ2) is 11.1. The molecule has 1 aliphatic heterocycles. The number of nitrogens with zero attached hydrogens (tertiary/aromatic N) is 2. The zero-order valence-corrected chi connectivity index (χ0v) is 14.6. The Hall–Kier alpha value is -0.570. The highest BCUT2D eigenvalue weighted by Crippen LogP contribution is 2.08. The SMILES string of the molecule is CCNC(=NCCCC(=O)OCC)N1CC[C@@H](O)C1.I. The molecule has 0 spiro atoms. The highest BCUT2D eigenvalue weighted by atomic mass is 127. The van der Waals surface area contributed by atoms with Crippen molar-refractivity contribution in [2.24, 2.45) is 4.99 Å². The van der Waals surface area contributed by atoms with Crippen LogP contribution in [-0.2, 0) is 9.53 Å². The molecular weight excluding hydrogens is 373 g/mol. The fourth-order valence-corrected chi connectivity index (χ4v) is 2.00. The summed E-state index contributed by atoms with van der Waals surface area (Å²) in [6.07, 6.45) is 1.61. The predicted octanol–water partition coefficient (Wildman–Crippen LogP) is 0.980. The lowest BCUT2D eigenvalue weighted by Crippen LogP contribution is -2.40. The van der Waals surface area contributed by atoms with E-state index in [1.807, 2.05) is 6.92 Å². The molecule has 0 aromatic rings. The second-order valence-electron chi connectivity index (χ2n) is 4.53. The Balaban J connectivity index is 0.00000361. The molecule has 0 aromatic heterocycles. The monoisotopic (exact) mass is 399 g/mol. The van der Waals surface area contributed by atoms with Gasteiger partial charge < -0.3 is 20.1 Å². The van der Waals surface area contributed by atoms with Gasteiger partial charge in [0.25, 0.3) is 0 Å². The molecule has 0 radical (unpaired) electrons. The van der Waals surface area contributed by atoms with Crippen molar-refractivity contribution in [1.82, 2.24) is 10.2 Å². The minimum absolute atomic E-state index is 0. The number of hydrogen-bond acceptors (Lipinski definition) is 4. The third kappa shape index (κ3) is 7.28. The van der Waals surface area contributed by atoms with Crippen LogP contribution < -0.4 is 5.32 Å². The standard InChI is InChI=1S/C13H25N3O3.HI/c1-3-14-13(16-9-7-11(17)10-16)15-8-5-6-12(18)19-4-2;/h11,17H,3-10H2,1-2H3,(H,14,15);1H/t11-;/m1./s1. The molecule has 1 fully saturated rings. The van der Waals surface area contributed by atoms with Crippen molar-refractivity contribution < 1.29 is 14.6 Å². The van der Waals surface area contributed by atoms with Gasteiger partial charge in [-0.05, 0) is 26.7 Å². The van der Waals surface area contributed by atoms with Crippen molar-refractivity contribution in [3.63, 3.8) is 0 Å². The van der Waals surface area contributed by atoms with Crippen LogP contribution in [0.4, 0.5) is 0 Å². The highest BCUT2D eigenvalue weighted by Gasteiger charge is 2.22. The van der Waals surface area contributed by atoms with Gasteiger partial charge >= 0.3 is 5.97 Å². The fraction of sp³-hybridized carbons (Fsp3) is 0.846. The Morgan fingerprint density at radius 1 is 1.50 bits per heavy atom. The number of guanidine groups is 1. The van der Waals surface area contributed by atoms with Crippen molar-refractivity contribution in [1.29, 1.82) is 0 Å². The summed E-state index contributed by atoms with van der Waals surface area (Å²) >= 11 is 0. The number of aliphatic hydroxyl groups excluding tert-OH is 1. The average Bonchev–Trinajstić information content (AvgIpc) is 2.80. The first kappa shape index (κ1) is 19.4. The molecule has 0 bridgehead atoms. The number of aliphatic hydroxyl groups is 1. The van der Waals surface area contributed by atoms with Gasteiger partial charge in [0.05, 0.1) is 12.7 Å². The zero-order chi connectivity index (χ0) is 14.1. The van der Waals surface area contributed by atoms with Gasteiger partial charge in [0.2, 0.25) is 0 Å². The number of aliphatic imine (C=N–C) groups is 1. The van der Waals surface area contributed by atoms with Gasteiger partial charge in [-0.1, -0.05) is 0 Å². The van der Waals surface area contributed by atoms with Crippen LogP contribution in [0.25, 0.3) is 0 Å². The number of rotatable bonds is 6. The lowest BCUT2D eigenvalue weighted by molar-refractivity contribution is -0.143. The van der Waals surface area contributed by atoms with Crippen molar-refractivity contribution in [3.05, 3.63) is 0 Å². The molecule has 20 heavy (non-hydrogen) atoms. The number of β-amino-alcohol motifs (C(OH)–C–C–N with tert-alkyl or cyclic N) is 1. The number of carbonyl (C=O) groups is 1. The van der Waals surface area contributed by atoms with Gasteiger partial charge in [0, 0.05) is 32.6 Å². The molecule has 2 N–H and O–H groups in total. The Labute approximate surface area is 138 Å². The lowest BCUT2D eigenvalue weighted by atomic mass is 10.3. The van der Waals surface area contributed by atoms with E-state index in [0.29, 0.717) is 32.5 Å². The van der Waals surface area contributed by atoms with Crippen LogP contribution in [0.1, 0.15) is 33.1 Å². The van der Waals surface area contributed by atoms with E-state index in [4.69, 9.17) is 4.74 Å². The third-order valence-electron chi connectivity index (χ3n) is 2.90. The van der Waals surface area contributed by atoms with Crippen LogP contribution in [0.3, 0.4) is 0 Å². The molecule has 1 heterocycles. The average molecular weight is 399 g/mol. The summed E-state index contributed by atoms with van der Waals surface area (Å²) < 4.78 is 4.86. The molecule has 118 valence electrons. The largest absolute Gasteiger partial charge is 0.466 e. The van der Waals surface area contributed by atoms with E-state index in [1.54, 1.807) is 6.92 Å². The molecule has 6 nitrogen and oxygen atoms in total. The molecule has 1 aliphatic rings. The fourth-order valence-electron chi connectivity index (χ4n) is 2.00. The van der Waals surface area contributed by atoms with E-state index in [9.17, 15) is 9.90 Å². The van der Waals surface area contributed by atoms with Gasteiger partial charge in [-0.25, -0.2) is 0 Å². The molecular formula is C13H26IN3O3. The highest BCUT2D eigenvalue weighted by molar-refractivity contribution is 14.0. The normalized spacial score (nSPS) is 18.6. The van der Waals surface area contributed by atoms with Gasteiger partial charge in [0.15, 0.2) is 5.96 Å². The molecule has 0 aliphatic carbocycles. The van der Waals surface area contributed by atoms with Crippen LogP contribution in [0.2, 0.25) is 0 Å². The molecule has 0 unspecified atom stereocenters. The number of nitrogens with one attached hydrogen (secondary N) is 1. The maximum Gasteiger partial charge on any atom is 0.305 e. The number of carbonyl (C=O) groups excluding carboxylic acids is 1. The Morgan fingerprint density at radius 3 is 2.80 bits per heavy atom. The summed E-state index contributed by atoms with van der Waals surface area (Å²) in [5, 5.41) is 12.7. The van der Waals surface area contributed by atoms with Crippen molar-refractivity contribution in [2.45, 2.75) is 39.2 Å². The molecule has 1 saturated heterocycles. The van der Waals surface area contributed by atoms with Crippen molar-refractivity contribution >= 4 is 35.9 Å². The lowest BCUT2D eigenvalue weighted by Gasteiger charge is -2.20. The van der Waals surface area contributed by atoms with E-state index in [1.165, 1.54) is 0 Å². The predicted molar refractivity (Wildman–Crippen MR) is 89.5 cm³/mol. The van der Waals surface area contributed by atoms with Gasteiger partial charge in [-0.3, -0.25) is 9.79 Å². The van der Waals surface area contributed by atoms with E-state index in [2.05, 4.69) is 15.2 Å². The Kier molecular flexibility index (Phi) is 10.8. The Bertz CT molecular complexity index is 313. The van der Waals surface area contributed by atoms with Crippen LogP contribution in [-0.4, -0.2) is 60.8 Å². The summed E-state index contributed by atoms with van der Waals surface area (Å²) in [5.74, 6) is 0.655. The smallest absolute Gasteiger partial charge is 0.305 e. The minimum Gasteiger partial charge on any atom is -0.466 e. The first-order valence-electron chi connectivity index (χ1n) is 7.04. The van der Waals surface area contributed by atoms with Crippen molar-refractivity contribution in [2.75, 3.05) is 32.8 Å². The van der Waals surface area contributed by atoms with Crippen LogP contribution >= 0.6 is 24.0 Å². The summed E-state index contributed by atoms with van der Waals surface area (Å²) in [4.78, 5) is 17.7. The number of esters is 1. The molecule has 1 atom stereocenters. The summed E-state index contributed by atoms with van der Waals surface area (Å²) in [5.41, 5.74) is 0. The zero-order valence-electron chi connectivity index (χ0n) is 12.3. The maximum absolute atomic E-state index is 11.2. The van der Waals surface area contributed by atoms with E-state index >= 15 is 0 Å². The molecule has 7 heteroatoms. The van der Waals surface area contributed by atoms with Crippen molar-refractivity contribution in [3.8, 4) is 0 Å². The van der Waals surface area contributed by atoms with E-state index < -0.39 is 0 Å². The quantitative estimate of drug-likeness (QED) is 0.229. The first-order valence-corrected chi connectivity index (χ1v) is 7.04. The maximum atomic E-state index is 11.2. The van der Waals surface area contributed by atoms with E-state index in [-0.39, 0.29) is 36.0 Å².